The Labute approximate surface area is 120 Å². The smallest absolute Gasteiger partial charge is 0.198 e. The highest BCUT2D eigenvalue weighted by Gasteiger charge is 2.34. The molecular formula is C16H13NO4. The predicted molar refractivity (Wildman–Crippen MR) is 76.6 cm³/mol. The van der Waals surface area contributed by atoms with Crippen LogP contribution in [0.25, 0.3) is 0 Å². The molecule has 0 radical (unpaired) electrons. The molecule has 2 aromatic rings. The zero-order valence-corrected chi connectivity index (χ0v) is 11.1. The van der Waals surface area contributed by atoms with Gasteiger partial charge in [0.15, 0.2) is 11.6 Å². The average Bonchev–Trinajstić information content (AvgIpc) is 2.48. The maximum atomic E-state index is 12.6. The third kappa shape index (κ3) is 1.82. The third-order valence-electron chi connectivity index (χ3n) is 3.68. The number of carbonyl (C=O) groups excluding carboxylic acids is 2. The molecule has 5 nitrogen and oxygen atoms in total. The third-order valence-corrected chi connectivity index (χ3v) is 3.68. The summed E-state index contributed by atoms with van der Waals surface area (Å²) in [5.74, 6) is -1.08. The van der Waals surface area contributed by atoms with Crippen molar-refractivity contribution in [1.29, 1.82) is 0 Å². The van der Waals surface area contributed by atoms with Crippen LogP contribution in [0.1, 0.15) is 37.4 Å². The van der Waals surface area contributed by atoms with E-state index in [0.29, 0.717) is 5.56 Å². The van der Waals surface area contributed by atoms with Crippen molar-refractivity contribution in [2.75, 3.05) is 12.3 Å². The highest BCUT2D eigenvalue weighted by atomic mass is 16.3. The maximum Gasteiger partial charge on any atom is 0.198 e. The lowest BCUT2D eigenvalue weighted by molar-refractivity contribution is 0.0977. The monoisotopic (exact) mass is 283 g/mol. The molecule has 0 aliphatic heterocycles. The van der Waals surface area contributed by atoms with E-state index >= 15 is 0 Å². The highest BCUT2D eigenvalue weighted by Crippen LogP contribution is 2.38. The fraction of sp³-hybridized carbons (Fsp3) is 0.125. The fourth-order valence-electron chi connectivity index (χ4n) is 2.68. The van der Waals surface area contributed by atoms with Crippen molar-refractivity contribution in [3.8, 4) is 5.75 Å². The molecule has 0 bridgehead atoms. The van der Waals surface area contributed by atoms with Crippen LogP contribution in [0.2, 0.25) is 0 Å². The molecule has 5 heteroatoms. The van der Waals surface area contributed by atoms with E-state index in [1.807, 2.05) is 0 Å². The standard InChI is InChI=1S/C16H13NO4/c17-14-8(5-6-18)7-11(19)12-13(14)16(21)10-4-2-1-3-9(10)15(12)20/h1-4,7,18-19H,5-6,17H2. The van der Waals surface area contributed by atoms with Gasteiger partial charge in [-0.05, 0) is 18.1 Å². The van der Waals surface area contributed by atoms with Crippen LogP contribution in [0.15, 0.2) is 30.3 Å². The first-order valence-electron chi connectivity index (χ1n) is 6.50. The van der Waals surface area contributed by atoms with E-state index in [1.54, 1.807) is 24.3 Å². The Kier molecular flexibility index (Phi) is 2.99. The predicted octanol–water partition coefficient (Wildman–Crippen LogP) is 1.28. The minimum atomic E-state index is -0.417. The topological polar surface area (TPSA) is 101 Å². The summed E-state index contributed by atoms with van der Waals surface area (Å²) >= 11 is 0. The molecule has 0 amide bonds. The number of aromatic hydroxyl groups is 1. The number of hydrogen-bond donors (Lipinski definition) is 3. The summed E-state index contributed by atoms with van der Waals surface area (Å²) in [5.41, 5.74) is 7.09. The van der Waals surface area contributed by atoms with E-state index in [9.17, 15) is 14.7 Å². The number of ketones is 2. The van der Waals surface area contributed by atoms with Gasteiger partial charge in [-0.3, -0.25) is 9.59 Å². The zero-order chi connectivity index (χ0) is 15.1. The number of aliphatic hydroxyl groups excluding tert-OH is 1. The summed E-state index contributed by atoms with van der Waals surface area (Å²) in [5, 5.41) is 19.1. The first-order chi connectivity index (χ1) is 10.1. The van der Waals surface area contributed by atoms with Crippen LogP contribution in [0, 0.1) is 0 Å². The van der Waals surface area contributed by atoms with Gasteiger partial charge in [-0.15, -0.1) is 0 Å². The summed E-state index contributed by atoms with van der Waals surface area (Å²) in [6, 6.07) is 7.78. The zero-order valence-electron chi connectivity index (χ0n) is 11.1. The van der Waals surface area contributed by atoms with Gasteiger partial charge in [0.1, 0.15) is 5.75 Å². The van der Waals surface area contributed by atoms with Gasteiger partial charge >= 0.3 is 0 Å². The molecule has 1 aliphatic carbocycles. The Balaban J connectivity index is 2.32. The normalized spacial score (nSPS) is 13.0. The first kappa shape index (κ1) is 13.3. The molecular weight excluding hydrogens is 270 g/mol. The number of anilines is 1. The van der Waals surface area contributed by atoms with E-state index in [0.717, 1.165) is 0 Å². The second-order valence-electron chi connectivity index (χ2n) is 4.90. The molecule has 0 fully saturated rings. The number of hydrogen-bond acceptors (Lipinski definition) is 5. The fourth-order valence-corrected chi connectivity index (χ4v) is 2.68. The Bertz CT molecular complexity index is 780. The number of benzene rings is 2. The molecule has 0 saturated heterocycles. The number of phenolic OH excluding ortho intramolecular Hbond substituents is 1. The van der Waals surface area contributed by atoms with E-state index in [4.69, 9.17) is 10.8 Å². The van der Waals surface area contributed by atoms with Crippen LogP contribution in [0.3, 0.4) is 0 Å². The number of rotatable bonds is 2. The Morgan fingerprint density at radius 2 is 1.57 bits per heavy atom. The Morgan fingerprint density at radius 3 is 2.14 bits per heavy atom. The summed E-state index contributed by atoms with van der Waals surface area (Å²) < 4.78 is 0. The molecule has 0 aromatic heterocycles. The first-order valence-corrected chi connectivity index (χ1v) is 6.50. The van der Waals surface area contributed by atoms with E-state index < -0.39 is 5.78 Å². The number of carbonyl (C=O) groups is 2. The van der Waals surface area contributed by atoms with Gasteiger partial charge in [-0.1, -0.05) is 24.3 Å². The Hall–Kier alpha value is -2.66. The summed E-state index contributed by atoms with van der Waals surface area (Å²) in [7, 11) is 0. The molecule has 106 valence electrons. The molecule has 0 atom stereocenters. The van der Waals surface area contributed by atoms with Crippen LogP contribution in [-0.2, 0) is 6.42 Å². The van der Waals surface area contributed by atoms with E-state index in [-0.39, 0.29) is 52.5 Å². The van der Waals surface area contributed by atoms with Gasteiger partial charge < -0.3 is 15.9 Å². The highest BCUT2D eigenvalue weighted by molar-refractivity contribution is 6.31. The number of aliphatic hydroxyl groups is 1. The second-order valence-corrected chi connectivity index (χ2v) is 4.90. The summed E-state index contributed by atoms with van der Waals surface area (Å²) in [4.78, 5) is 25.1. The quantitative estimate of drug-likeness (QED) is 0.486. The molecule has 0 spiro atoms. The van der Waals surface area contributed by atoms with Crippen molar-refractivity contribution in [2.24, 2.45) is 0 Å². The van der Waals surface area contributed by atoms with Crippen molar-refractivity contribution < 1.29 is 19.8 Å². The number of nitrogen functional groups attached to an aromatic ring is 1. The largest absolute Gasteiger partial charge is 0.507 e. The van der Waals surface area contributed by atoms with Gasteiger partial charge in [0.25, 0.3) is 0 Å². The van der Waals surface area contributed by atoms with Crippen molar-refractivity contribution in [3.63, 3.8) is 0 Å². The van der Waals surface area contributed by atoms with Crippen molar-refractivity contribution in [3.05, 3.63) is 58.1 Å². The van der Waals surface area contributed by atoms with Crippen LogP contribution in [0.4, 0.5) is 5.69 Å². The van der Waals surface area contributed by atoms with Crippen LogP contribution < -0.4 is 5.73 Å². The minimum absolute atomic E-state index is 0.0298. The van der Waals surface area contributed by atoms with Gasteiger partial charge in [-0.25, -0.2) is 0 Å². The number of phenols is 1. The lowest BCUT2D eigenvalue weighted by Gasteiger charge is -2.21. The molecule has 0 saturated carbocycles. The summed E-state index contributed by atoms with van der Waals surface area (Å²) in [6.07, 6.45) is 0.204. The van der Waals surface area contributed by atoms with Gasteiger partial charge in [0.2, 0.25) is 0 Å². The Morgan fingerprint density at radius 1 is 1.00 bits per heavy atom. The summed E-state index contributed by atoms with van der Waals surface area (Å²) in [6.45, 7) is -0.166. The molecule has 3 rings (SSSR count). The van der Waals surface area contributed by atoms with Crippen LogP contribution >= 0.6 is 0 Å². The molecule has 4 N–H and O–H groups in total. The van der Waals surface area contributed by atoms with E-state index in [2.05, 4.69) is 0 Å². The molecule has 2 aromatic carbocycles. The lowest BCUT2D eigenvalue weighted by atomic mass is 9.81. The molecule has 0 unspecified atom stereocenters. The molecule has 1 aliphatic rings. The van der Waals surface area contributed by atoms with Crippen LogP contribution in [0.5, 0.6) is 5.75 Å². The van der Waals surface area contributed by atoms with Gasteiger partial charge in [0, 0.05) is 23.4 Å². The number of nitrogens with two attached hydrogens (primary N) is 1. The van der Waals surface area contributed by atoms with Gasteiger partial charge in [0.05, 0.1) is 11.1 Å². The van der Waals surface area contributed by atoms with Crippen molar-refractivity contribution in [2.45, 2.75) is 6.42 Å². The lowest BCUT2D eigenvalue weighted by Crippen LogP contribution is -2.23. The molecule has 21 heavy (non-hydrogen) atoms. The van der Waals surface area contributed by atoms with Crippen molar-refractivity contribution in [1.82, 2.24) is 0 Å². The average molecular weight is 283 g/mol. The maximum absolute atomic E-state index is 12.6. The van der Waals surface area contributed by atoms with Gasteiger partial charge in [-0.2, -0.15) is 0 Å². The number of fused-ring (bicyclic) bond motifs is 2. The van der Waals surface area contributed by atoms with E-state index in [1.165, 1.54) is 6.07 Å². The van der Waals surface area contributed by atoms with Crippen LogP contribution in [-0.4, -0.2) is 28.4 Å². The van der Waals surface area contributed by atoms with Crippen molar-refractivity contribution >= 4 is 17.3 Å². The second kappa shape index (κ2) is 4.71. The minimum Gasteiger partial charge on any atom is -0.507 e. The SMILES string of the molecule is Nc1c(CCO)cc(O)c2c1C(=O)c1ccccc1C2=O. The molecule has 0 heterocycles.